The third-order valence-electron chi connectivity index (χ3n) is 3.36. The topological polar surface area (TPSA) is 44.1 Å². The Labute approximate surface area is 84.7 Å². The van der Waals surface area contributed by atoms with E-state index in [1.807, 2.05) is 18.7 Å². The van der Waals surface area contributed by atoms with Gasteiger partial charge in [-0.2, -0.15) is 5.26 Å². The smallest absolute Gasteiger partial charge is 0.240 e. The summed E-state index contributed by atoms with van der Waals surface area (Å²) in [4.78, 5) is 13.8. The van der Waals surface area contributed by atoms with Gasteiger partial charge in [0.05, 0.1) is 6.07 Å². The summed E-state index contributed by atoms with van der Waals surface area (Å²) in [6.07, 6.45) is 1.29. The van der Waals surface area contributed by atoms with Gasteiger partial charge in [0.2, 0.25) is 5.91 Å². The lowest BCUT2D eigenvalue weighted by Gasteiger charge is -2.22. The van der Waals surface area contributed by atoms with Gasteiger partial charge < -0.3 is 4.90 Å². The highest BCUT2D eigenvalue weighted by molar-refractivity contribution is 5.82. The molecule has 0 aromatic carbocycles. The molecule has 3 unspecified atom stereocenters. The van der Waals surface area contributed by atoms with Gasteiger partial charge in [0, 0.05) is 13.1 Å². The van der Waals surface area contributed by atoms with Crippen LogP contribution >= 0.6 is 0 Å². The number of fused-ring (bicyclic) bond motifs is 1. The average molecular weight is 192 g/mol. The molecule has 0 bridgehead atoms. The standard InChI is InChI=1S/C11H16N2O/c1-7(2)10(4-12)11(14)13-5-8-3-9(8)6-13/h7-10H,3,5-6H2,1-2H3. The van der Waals surface area contributed by atoms with Crippen molar-refractivity contribution in [3.05, 3.63) is 0 Å². The van der Waals surface area contributed by atoms with E-state index in [2.05, 4.69) is 6.07 Å². The molecule has 2 fully saturated rings. The summed E-state index contributed by atoms with van der Waals surface area (Å²) in [7, 11) is 0. The summed E-state index contributed by atoms with van der Waals surface area (Å²) in [6.45, 7) is 5.66. The molecule has 1 saturated carbocycles. The lowest BCUT2D eigenvalue weighted by atomic mass is 9.96. The van der Waals surface area contributed by atoms with Crippen LogP contribution in [0, 0.1) is 35.0 Å². The largest absolute Gasteiger partial charge is 0.341 e. The first-order valence-corrected chi connectivity index (χ1v) is 5.32. The van der Waals surface area contributed by atoms with Crippen LogP contribution in [0.3, 0.4) is 0 Å². The molecule has 1 aliphatic carbocycles. The molecule has 0 N–H and O–H groups in total. The first kappa shape index (κ1) is 9.51. The van der Waals surface area contributed by atoms with Crippen LogP contribution in [-0.2, 0) is 4.79 Å². The Hall–Kier alpha value is -1.04. The third-order valence-corrected chi connectivity index (χ3v) is 3.36. The van der Waals surface area contributed by atoms with Gasteiger partial charge in [-0.25, -0.2) is 0 Å². The van der Waals surface area contributed by atoms with Gasteiger partial charge in [0.15, 0.2) is 0 Å². The minimum atomic E-state index is -0.438. The van der Waals surface area contributed by atoms with Crippen molar-refractivity contribution >= 4 is 5.91 Å². The van der Waals surface area contributed by atoms with Gasteiger partial charge in [0.25, 0.3) is 0 Å². The molecule has 1 amide bonds. The van der Waals surface area contributed by atoms with E-state index in [-0.39, 0.29) is 11.8 Å². The van der Waals surface area contributed by atoms with Gasteiger partial charge in [-0.15, -0.1) is 0 Å². The Kier molecular flexibility index (Phi) is 2.22. The highest BCUT2D eigenvalue weighted by Gasteiger charge is 2.47. The normalized spacial score (nSPS) is 31.1. The number of rotatable bonds is 2. The summed E-state index contributed by atoms with van der Waals surface area (Å²) < 4.78 is 0. The van der Waals surface area contributed by atoms with Crippen molar-refractivity contribution in [2.24, 2.45) is 23.7 Å². The summed E-state index contributed by atoms with van der Waals surface area (Å²) in [6, 6.07) is 2.12. The van der Waals surface area contributed by atoms with Gasteiger partial charge in [-0.1, -0.05) is 13.8 Å². The van der Waals surface area contributed by atoms with E-state index >= 15 is 0 Å². The molecule has 0 spiro atoms. The van der Waals surface area contributed by atoms with E-state index in [9.17, 15) is 4.79 Å². The minimum absolute atomic E-state index is 0.0506. The van der Waals surface area contributed by atoms with E-state index in [0.29, 0.717) is 0 Å². The van der Waals surface area contributed by atoms with Gasteiger partial charge in [0.1, 0.15) is 5.92 Å². The number of hydrogen-bond acceptors (Lipinski definition) is 2. The van der Waals surface area contributed by atoms with Crippen LogP contribution in [-0.4, -0.2) is 23.9 Å². The van der Waals surface area contributed by atoms with Crippen molar-refractivity contribution in [1.82, 2.24) is 4.90 Å². The SMILES string of the molecule is CC(C)C(C#N)C(=O)N1CC2CC2C1. The molecule has 0 aromatic rings. The van der Waals surface area contributed by atoms with E-state index in [0.717, 1.165) is 24.9 Å². The molecule has 1 saturated heterocycles. The first-order chi connectivity index (χ1) is 6.63. The molecule has 1 heterocycles. The maximum atomic E-state index is 11.9. The summed E-state index contributed by atoms with van der Waals surface area (Å²) in [5.74, 6) is 1.25. The van der Waals surface area contributed by atoms with Crippen LogP contribution in [0.2, 0.25) is 0 Å². The van der Waals surface area contributed by atoms with E-state index in [1.54, 1.807) is 0 Å². The first-order valence-electron chi connectivity index (χ1n) is 5.32. The summed E-state index contributed by atoms with van der Waals surface area (Å²) in [5, 5.41) is 8.91. The molecular weight excluding hydrogens is 176 g/mol. The van der Waals surface area contributed by atoms with E-state index in [1.165, 1.54) is 6.42 Å². The molecule has 0 radical (unpaired) electrons. The number of carbonyl (C=O) groups excluding carboxylic acids is 1. The molecule has 3 atom stereocenters. The summed E-state index contributed by atoms with van der Waals surface area (Å²) in [5.41, 5.74) is 0. The van der Waals surface area contributed by atoms with Crippen molar-refractivity contribution in [3.63, 3.8) is 0 Å². The Morgan fingerprint density at radius 1 is 1.43 bits per heavy atom. The Balaban J connectivity index is 1.97. The fourth-order valence-corrected chi connectivity index (χ4v) is 2.26. The number of nitrogens with zero attached hydrogens (tertiary/aromatic N) is 2. The fourth-order valence-electron chi connectivity index (χ4n) is 2.26. The van der Waals surface area contributed by atoms with Gasteiger partial charge in [-0.3, -0.25) is 4.79 Å². The maximum Gasteiger partial charge on any atom is 0.240 e. The molecule has 3 nitrogen and oxygen atoms in total. The van der Waals surface area contributed by atoms with Gasteiger partial charge >= 0.3 is 0 Å². The molecule has 76 valence electrons. The van der Waals surface area contributed by atoms with Crippen molar-refractivity contribution < 1.29 is 4.79 Å². The van der Waals surface area contributed by atoms with Crippen LogP contribution < -0.4 is 0 Å². The zero-order valence-electron chi connectivity index (χ0n) is 8.73. The second-order valence-corrected chi connectivity index (χ2v) is 4.85. The molecule has 2 rings (SSSR count). The lowest BCUT2D eigenvalue weighted by Crippen LogP contribution is -2.37. The lowest BCUT2D eigenvalue weighted by molar-refractivity contribution is -0.134. The van der Waals surface area contributed by atoms with Crippen LogP contribution in [0.5, 0.6) is 0 Å². The maximum absolute atomic E-state index is 11.9. The van der Waals surface area contributed by atoms with Crippen molar-refractivity contribution in [1.29, 1.82) is 5.26 Å². The fraction of sp³-hybridized carbons (Fsp3) is 0.818. The molecule has 14 heavy (non-hydrogen) atoms. The minimum Gasteiger partial charge on any atom is -0.341 e. The number of likely N-dealkylation sites (tertiary alicyclic amines) is 1. The summed E-state index contributed by atoms with van der Waals surface area (Å²) >= 11 is 0. The number of amides is 1. The average Bonchev–Trinajstić information content (AvgIpc) is 2.74. The monoisotopic (exact) mass is 192 g/mol. The third kappa shape index (κ3) is 1.50. The van der Waals surface area contributed by atoms with Crippen LogP contribution in [0.1, 0.15) is 20.3 Å². The van der Waals surface area contributed by atoms with Crippen LogP contribution in [0.25, 0.3) is 0 Å². The predicted octanol–water partition coefficient (Wildman–Crippen LogP) is 1.26. The van der Waals surface area contributed by atoms with Crippen molar-refractivity contribution in [2.45, 2.75) is 20.3 Å². The number of nitriles is 1. The molecule has 2 aliphatic rings. The Morgan fingerprint density at radius 2 is 2.00 bits per heavy atom. The quantitative estimate of drug-likeness (QED) is 0.661. The Bertz CT molecular complexity index is 282. The molecule has 1 aliphatic heterocycles. The second-order valence-electron chi connectivity index (χ2n) is 4.85. The van der Waals surface area contributed by atoms with Crippen molar-refractivity contribution in [3.8, 4) is 6.07 Å². The van der Waals surface area contributed by atoms with Crippen LogP contribution in [0.4, 0.5) is 0 Å². The molecule has 3 heteroatoms. The molecule has 0 aromatic heterocycles. The van der Waals surface area contributed by atoms with Gasteiger partial charge in [-0.05, 0) is 24.2 Å². The van der Waals surface area contributed by atoms with Crippen molar-refractivity contribution in [2.75, 3.05) is 13.1 Å². The second kappa shape index (κ2) is 3.27. The highest BCUT2D eigenvalue weighted by Crippen LogP contribution is 2.45. The zero-order chi connectivity index (χ0) is 10.3. The van der Waals surface area contributed by atoms with E-state index in [4.69, 9.17) is 5.26 Å². The number of piperidine rings is 1. The Morgan fingerprint density at radius 3 is 2.43 bits per heavy atom. The van der Waals surface area contributed by atoms with E-state index < -0.39 is 5.92 Å². The number of carbonyl (C=O) groups is 1. The highest BCUT2D eigenvalue weighted by atomic mass is 16.2. The number of hydrogen-bond donors (Lipinski definition) is 0. The zero-order valence-corrected chi connectivity index (χ0v) is 8.73. The molecular formula is C11H16N2O. The van der Waals surface area contributed by atoms with Crippen LogP contribution in [0.15, 0.2) is 0 Å². The predicted molar refractivity (Wildman–Crippen MR) is 52.1 cm³/mol.